The number of amides is 2. The van der Waals surface area contributed by atoms with Crippen LogP contribution >= 0.6 is 0 Å². The maximum atomic E-state index is 11.9. The maximum absolute atomic E-state index is 11.9. The number of carbonyl (C=O) groups is 2. The van der Waals surface area contributed by atoms with Crippen molar-refractivity contribution in [2.75, 3.05) is 0 Å². The lowest BCUT2D eigenvalue weighted by molar-refractivity contribution is 0.0943. The second-order valence-corrected chi connectivity index (χ2v) is 4.43. The minimum atomic E-state index is -0.692. The molecule has 2 aromatic carbocycles. The van der Waals surface area contributed by atoms with E-state index >= 15 is 0 Å². The van der Waals surface area contributed by atoms with Crippen LogP contribution in [-0.4, -0.2) is 28.0 Å². The number of nitrogens with zero attached hydrogens (tertiary/aromatic N) is 1. The van der Waals surface area contributed by atoms with E-state index < -0.39 is 11.8 Å². The standard InChI is InChI=1S/C15H14N4O4/c16-15(17-13(22)9-5-1-3-7-11(9)20)19-18-14(23)10-6-2-4-8-12(10)21/h1-8,20-21H,(H,18,23)(H3,16,17,19,22). The van der Waals surface area contributed by atoms with E-state index in [9.17, 15) is 19.8 Å². The molecule has 0 saturated heterocycles. The highest BCUT2D eigenvalue weighted by Crippen LogP contribution is 2.15. The summed E-state index contributed by atoms with van der Waals surface area (Å²) in [6.07, 6.45) is 0. The molecule has 0 radical (unpaired) electrons. The van der Waals surface area contributed by atoms with Crippen molar-refractivity contribution in [3.8, 4) is 11.5 Å². The minimum Gasteiger partial charge on any atom is -0.507 e. The highest BCUT2D eigenvalue weighted by Gasteiger charge is 2.12. The molecule has 0 aliphatic carbocycles. The van der Waals surface area contributed by atoms with Gasteiger partial charge in [-0.15, -0.1) is 5.10 Å². The van der Waals surface area contributed by atoms with Gasteiger partial charge in [0.05, 0.1) is 11.1 Å². The van der Waals surface area contributed by atoms with Crippen LogP contribution in [0.3, 0.4) is 0 Å². The van der Waals surface area contributed by atoms with Crippen LogP contribution in [-0.2, 0) is 0 Å². The van der Waals surface area contributed by atoms with Gasteiger partial charge in [-0.05, 0) is 24.3 Å². The minimum absolute atomic E-state index is 0.0103. The highest BCUT2D eigenvalue weighted by atomic mass is 16.3. The average molecular weight is 314 g/mol. The number of guanidine groups is 1. The molecule has 0 unspecified atom stereocenters. The third-order valence-electron chi connectivity index (χ3n) is 2.82. The fourth-order valence-corrected chi connectivity index (χ4v) is 1.71. The Morgan fingerprint density at radius 2 is 1.35 bits per heavy atom. The van der Waals surface area contributed by atoms with Gasteiger partial charge in [0.1, 0.15) is 11.5 Å². The van der Waals surface area contributed by atoms with Gasteiger partial charge in [-0.25, -0.2) is 5.43 Å². The van der Waals surface area contributed by atoms with Gasteiger partial charge in [-0.3, -0.25) is 14.9 Å². The molecule has 0 saturated carbocycles. The van der Waals surface area contributed by atoms with Crippen LogP contribution in [0.15, 0.2) is 53.6 Å². The molecule has 8 heteroatoms. The normalized spacial score (nSPS) is 10.9. The SMILES string of the molecule is N/C(=N\NC(=O)c1ccccc1O)NC(=O)c1ccccc1O. The quantitative estimate of drug-likeness (QED) is 0.319. The molecule has 8 nitrogen and oxygen atoms in total. The van der Waals surface area contributed by atoms with Gasteiger partial charge < -0.3 is 15.9 Å². The lowest BCUT2D eigenvalue weighted by atomic mass is 10.2. The summed E-state index contributed by atoms with van der Waals surface area (Å²) in [5.74, 6) is -2.17. The molecule has 0 atom stereocenters. The van der Waals surface area contributed by atoms with Crippen LogP contribution in [0.2, 0.25) is 0 Å². The van der Waals surface area contributed by atoms with E-state index in [1.807, 2.05) is 0 Å². The first-order chi connectivity index (χ1) is 11.0. The van der Waals surface area contributed by atoms with E-state index in [0.717, 1.165) is 0 Å². The highest BCUT2D eigenvalue weighted by molar-refractivity contribution is 6.07. The third kappa shape index (κ3) is 3.97. The fraction of sp³-hybridized carbons (Fsp3) is 0. The van der Waals surface area contributed by atoms with Gasteiger partial charge in [-0.2, -0.15) is 0 Å². The Bertz CT molecular complexity index is 774. The number of aromatic hydroxyl groups is 2. The number of phenolic OH excluding ortho intramolecular Hbond substituents is 2. The summed E-state index contributed by atoms with van der Waals surface area (Å²) in [4.78, 5) is 23.7. The number of hydrogen-bond acceptors (Lipinski definition) is 5. The van der Waals surface area contributed by atoms with E-state index in [1.165, 1.54) is 24.3 Å². The molecule has 0 spiro atoms. The molecule has 0 aromatic heterocycles. The lowest BCUT2D eigenvalue weighted by Gasteiger charge is -2.06. The molecule has 2 amide bonds. The lowest BCUT2D eigenvalue weighted by Crippen LogP contribution is -2.39. The number of rotatable bonds is 3. The van der Waals surface area contributed by atoms with Gasteiger partial charge in [0.25, 0.3) is 11.8 Å². The summed E-state index contributed by atoms with van der Waals surface area (Å²) < 4.78 is 0. The van der Waals surface area contributed by atoms with Crippen molar-refractivity contribution in [1.29, 1.82) is 0 Å². The van der Waals surface area contributed by atoms with Crippen molar-refractivity contribution in [1.82, 2.24) is 10.7 Å². The van der Waals surface area contributed by atoms with E-state index in [-0.39, 0.29) is 28.6 Å². The van der Waals surface area contributed by atoms with E-state index in [4.69, 9.17) is 5.73 Å². The largest absolute Gasteiger partial charge is 0.507 e. The Labute approximate surface area is 131 Å². The number of para-hydroxylation sites is 2. The summed E-state index contributed by atoms with van der Waals surface area (Å²) in [5, 5.41) is 24.8. The summed E-state index contributed by atoms with van der Waals surface area (Å²) in [7, 11) is 0. The number of benzene rings is 2. The number of carbonyl (C=O) groups excluding carboxylic acids is 2. The molecule has 23 heavy (non-hydrogen) atoms. The number of nitrogens with one attached hydrogen (secondary N) is 2. The van der Waals surface area contributed by atoms with Crippen molar-refractivity contribution in [3.63, 3.8) is 0 Å². The number of hydrogen-bond donors (Lipinski definition) is 5. The van der Waals surface area contributed by atoms with Gasteiger partial charge >= 0.3 is 0 Å². The van der Waals surface area contributed by atoms with E-state index in [1.54, 1.807) is 24.3 Å². The first kappa shape index (κ1) is 15.8. The van der Waals surface area contributed by atoms with Gasteiger partial charge in [0.15, 0.2) is 0 Å². The van der Waals surface area contributed by atoms with Crippen LogP contribution < -0.4 is 16.5 Å². The zero-order valence-corrected chi connectivity index (χ0v) is 11.9. The number of hydrazone groups is 1. The number of phenols is 2. The summed E-state index contributed by atoms with van der Waals surface area (Å²) in [6.45, 7) is 0. The van der Waals surface area contributed by atoms with E-state index in [2.05, 4.69) is 15.8 Å². The molecule has 0 bridgehead atoms. The molecule has 0 fully saturated rings. The summed E-state index contributed by atoms with van der Waals surface area (Å²) in [6, 6.07) is 11.8. The van der Waals surface area contributed by atoms with Crippen molar-refractivity contribution >= 4 is 17.8 Å². The molecular weight excluding hydrogens is 300 g/mol. The molecular formula is C15H14N4O4. The van der Waals surface area contributed by atoms with E-state index in [0.29, 0.717) is 0 Å². The Morgan fingerprint density at radius 3 is 1.87 bits per heavy atom. The molecule has 118 valence electrons. The zero-order chi connectivity index (χ0) is 16.8. The van der Waals surface area contributed by atoms with Crippen LogP contribution in [0.1, 0.15) is 20.7 Å². The van der Waals surface area contributed by atoms with Crippen molar-refractivity contribution in [2.24, 2.45) is 10.8 Å². The van der Waals surface area contributed by atoms with Crippen molar-refractivity contribution < 1.29 is 19.8 Å². The average Bonchev–Trinajstić information content (AvgIpc) is 2.53. The summed E-state index contributed by atoms with van der Waals surface area (Å²) in [5.41, 5.74) is 7.61. The number of nitrogens with two attached hydrogens (primary N) is 1. The monoisotopic (exact) mass is 314 g/mol. The topological polar surface area (TPSA) is 137 Å². The maximum Gasteiger partial charge on any atom is 0.275 e. The second-order valence-electron chi connectivity index (χ2n) is 4.43. The molecule has 0 aliphatic heterocycles. The molecule has 0 aliphatic rings. The van der Waals surface area contributed by atoms with Crippen LogP contribution in [0.25, 0.3) is 0 Å². The van der Waals surface area contributed by atoms with Crippen LogP contribution in [0.4, 0.5) is 0 Å². The molecule has 2 aromatic rings. The first-order valence-electron chi connectivity index (χ1n) is 6.50. The van der Waals surface area contributed by atoms with Crippen LogP contribution in [0.5, 0.6) is 11.5 Å². The predicted molar refractivity (Wildman–Crippen MR) is 82.8 cm³/mol. The Morgan fingerprint density at radius 1 is 0.870 bits per heavy atom. The molecule has 6 N–H and O–H groups in total. The fourth-order valence-electron chi connectivity index (χ4n) is 1.71. The van der Waals surface area contributed by atoms with Gasteiger partial charge in [-0.1, -0.05) is 24.3 Å². The zero-order valence-electron chi connectivity index (χ0n) is 11.9. The van der Waals surface area contributed by atoms with Gasteiger partial charge in [0, 0.05) is 0 Å². The second kappa shape index (κ2) is 6.94. The predicted octanol–water partition coefficient (Wildman–Crippen LogP) is 0.487. The molecule has 0 heterocycles. The van der Waals surface area contributed by atoms with Crippen molar-refractivity contribution in [2.45, 2.75) is 0 Å². The third-order valence-corrected chi connectivity index (χ3v) is 2.82. The van der Waals surface area contributed by atoms with Crippen molar-refractivity contribution in [3.05, 3.63) is 59.7 Å². The smallest absolute Gasteiger partial charge is 0.275 e. The Hall–Kier alpha value is -3.55. The van der Waals surface area contributed by atoms with Gasteiger partial charge in [0.2, 0.25) is 5.96 Å². The Balaban J connectivity index is 2.01. The molecule has 2 rings (SSSR count). The summed E-state index contributed by atoms with van der Waals surface area (Å²) >= 11 is 0. The Kier molecular flexibility index (Phi) is 4.78. The van der Waals surface area contributed by atoms with Crippen LogP contribution in [0, 0.1) is 0 Å². The first-order valence-corrected chi connectivity index (χ1v) is 6.50.